The second-order valence-electron chi connectivity index (χ2n) is 4.66. The van der Waals surface area contributed by atoms with Gasteiger partial charge < -0.3 is 13.6 Å². The fourth-order valence-corrected chi connectivity index (χ4v) is 1.79. The summed E-state index contributed by atoms with van der Waals surface area (Å²) in [4.78, 5) is 23.5. The normalized spacial score (nSPS) is 10.1. The first-order chi connectivity index (χ1) is 10.4. The first-order valence-electron chi connectivity index (χ1n) is 6.45. The average Bonchev–Trinajstić information content (AvgIpc) is 3.01. The molecule has 22 heavy (non-hydrogen) atoms. The lowest BCUT2D eigenvalue weighted by Crippen LogP contribution is -2.21. The minimum Gasteiger partial charge on any atom is -0.457 e. The van der Waals surface area contributed by atoms with Crippen molar-refractivity contribution in [3.63, 3.8) is 0 Å². The van der Waals surface area contributed by atoms with Gasteiger partial charge in [0.05, 0.1) is 6.26 Å². The van der Waals surface area contributed by atoms with Crippen molar-refractivity contribution in [3.8, 4) is 6.07 Å². The Bertz CT molecular complexity index is 763. The number of nitrogens with zero attached hydrogens (tertiary/aromatic N) is 1. The lowest BCUT2D eigenvalue weighted by molar-refractivity contribution is -0.119. The summed E-state index contributed by atoms with van der Waals surface area (Å²) >= 11 is 0. The number of nitriles is 1. The summed E-state index contributed by atoms with van der Waals surface area (Å²) < 4.78 is 15.1. The fourth-order valence-electron chi connectivity index (χ4n) is 1.79. The van der Waals surface area contributed by atoms with Crippen molar-refractivity contribution >= 4 is 17.8 Å². The molecule has 2 aromatic heterocycles. The molecule has 0 aliphatic rings. The lowest BCUT2D eigenvalue weighted by Gasteiger charge is -2.04. The van der Waals surface area contributed by atoms with E-state index in [0.717, 1.165) is 0 Å². The van der Waals surface area contributed by atoms with Crippen LogP contribution in [0.1, 0.15) is 33.0 Å². The van der Waals surface area contributed by atoms with E-state index in [1.54, 1.807) is 26.8 Å². The molecule has 0 atom stereocenters. The monoisotopic (exact) mass is 302 g/mol. The van der Waals surface area contributed by atoms with Crippen LogP contribution in [0.4, 0.5) is 5.88 Å². The Labute approximate surface area is 126 Å². The summed E-state index contributed by atoms with van der Waals surface area (Å²) in [6.45, 7) is 4.58. The topological polar surface area (TPSA) is 105 Å². The van der Waals surface area contributed by atoms with E-state index in [2.05, 4.69) is 5.32 Å². The van der Waals surface area contributed by atoms with Crippen LogP contribution in [0.5, 0.6) is 0 Å². The second kappa shape index (κ2) is 6.18. The highest BCUT2D eigenvalue weighted by atomic mass is 16.5. The number of amides is 1. The van der Waals surface area contributed by atoms with Crippen molar-refractivity contribution in [1.82, 2.24) is 0 Å². The number of esters is 1. The Morgan fingerprint density at radius 2 is 2.09 bits per heavy atom. The first kappa shape index (κ1) is 15.4. The van der Waals surface area contributed by atoms with Gasteiger partial charge in [0, 0.05) is 11.1 Å². The quantitative estimate of drug-likeness (QED) is 0.870. The molecule has 0 spiro atoms. The van der Waals surface area contributed by atoms with E-state index in [0.29, 0.717) is 16.9 Å². The molecule has 0 saturated heterocycles. The number of hydrogen-bond acceptors (Lipinski definition) is 6. The number of furan rings is 2. The third-order valence-corrected chi connectivity index (χ3v) is 3.13. The van der Waals surface area contributed by atoms with Gasteiger partial charge >= 0.3 is 5.97 Å². The van der Waals surface area contributed by atoms with Crippen molar-refractivity contribution in [1.29, 1.82) is 5.26 Å². The molecule has 1 N–H and O–H groups in total. The SMILES string of the molecule is Cc1ccoc1C(=O)OCC(=O)Nc1oc(C)c(C)c1C#N. The molecule has 7 heteroatoms. The molecule has 0 unspecified atom stereocenters. The molecule has 1 amide bonds. The van der Waals surface area contributed by atoms with Crippen LogP contribution in [-0.2, 0) is 9.53 Å². The number of anilines is 1. The maximum atomic E-state index is 11.8. The van der Waals surface area contributed by atoms with Crippen LogP contribution in [0.2, 0.25) is 0 Å². The van der Waals surface area contributed by atoms with Crippen LogP contribution in [0, 0.1) is 32.1 Å². The van der Waals surface area contributed by atoms with Crippen LogP contribution in [0.25, 0.3) is 0 Å². The van der Waals surface area contributed by atoms with Gasteiger partial charge in [0.1, 0.15) is 17.4 Å². The molecular weight excluding hydrogens is 288 g/mol. The maximum absolute atomic E-state index is 11.8. The number of nitrogens with one attached hydrogen (secondary N) is 1. The smallest absolute Gasteiger partial charge is 0.375 e. The van der Waals surface area contributed by atoms with Crippen molar-refractivity contribution in [3.05, 3.63) is 40.5 Å². The van der Waals surface area contributed by atoms with E-state index in [4.69, 9.17) is 18.8 Å². The molecule has 0 aliphatic carbocycles. The minimum absolute atomic E-state index is 0.0488. The Morgan fingerprint density at radius 3 is 2.68 bits per heavy atom. The molecule has 0 saturated carbocycles. The highest BCUT2D eigenvalue weighted by Gasteiger charge is 2.19. The van der Waals surface area contributed by atoms with E-state index >= 15 is 0 Å². The van der Waals surface area contributed by atoms with E-state index < -0.39 is 18.5 Å². The third kappa shape index (κ3) is 3.01. The molecule has 7 nitrogen and oxygen atoms in total. The number of aryl methyl sites for hydroxylation is 2. The Kier molecular flexibility index (Phi) is 4.32. The van der Waals surface area contributed by atoms with Gasteiger partial charge in [0.15, 0.2) is 6.61 Å². The van der Waals surface area contributed by atoms with Crippen molar-refractivity contribution in [2.45, 2.75) is 20.8 Å². The van der Waals surface area contributed by atoms with Crippen molar-refractivity contribution in [2.24, 2.45) is 0 Å². The van der Waals surface area contributed by atoms with E-state index in [1.165, 1.54) is 6.26 Å². The molecule has 114 valence electrons. The summed E-state index contributed by atoms with van der Waals surface area (Å²) in [5.74, 6) is -0.703. The van der Waals surface area contributed by atoms with E-state index in [1.807, 2.05) is 6.07 Å². The summed E-state index contributed by atoms with van der Waals surface area (Å²) in [6.07, 6.45) is 1.36. The molecule has 0 bridgehead atoms. The molecule has 0 radical (unpaired) electrons. The minimum atomic E-state index is -0.732. The predicted octanol–water partition coefficient (Wildman–Crippen LogP) is 2.47. The largest absolute Gasteiger partial charge is 0.457 e. The zero-order valence-corrected chi connectivity index (χ0v) is 12.4. The summed E-state index contributed by atoms with van der Waals surface area (Å²) in [6, 6.07) is 3.57. The molecule has 2 aromatic rings. The van der Waals surface area contributed by atoms with Gasteiger partial charge in [-0.25, -0.2) is 4.79 Å². The Hall–Kier alpha value is -3.01. The van der Waals surface area contributed by atoms with Crippen LogP contribution >= 0.6 is 0 Å². The summed E-state index contributed by atoms with van der Waals surface area (Å²) in [5.41, 5.74) is 1.52. The fraction of sp³-hybridized carbons (Fsp3) is 0.267. The third-order valence-electron chi connectivity index (χ3n) is 3.13. The Morgan fingerprint density at radius 1 is 1.36 bits per heavy atom. The summed E-state index contributed by atoms with van der Waals surface area (Å²) in [7, 11) is 0. The zero-order valence-electron chi connectivity index (χ0n) is 12.4. The number of carbonyl (C=O) groups excluding carboxylic acids is 2. The van der Waals surface area contributed by atoms with Crippen LogP contribution in [0.15, 0.2) is 21.2 Å². The maximum Gasteiger partial charge on any atom is 0.375 e. The van der Waals surface area contributed by atoms with Crippen LogP contribution in [0.3, 0.4) is 0 Å². The van der Waals surface area contributed by atoms with Gasteiger partial charge in [-0.1, -0.05) is 0 Å². The van der Waals surface area contributed by atoms with Gasteiger partial charge in [0.25, 0.3) is 5.91 Å². The molecule has 0 aromatic carbocycles. The van der Waals surface area contributed by atoms with E-state index in [9.17, 15) is 9.59 Å². The molecular formula is C15H14N2O5. The van der Waals surface area contributed by atoms with Gasteiger partial charge in [-0.2, -0.15) is 5.26 Å². The number of ether oxygens (including phenoxy) is 1. The first-order valence-corrected chi connectivity index (χ1v) is 6.45. The lowest BCUT2D eigenvalue weighted by atomic mass is 10.2. The standard InChI is InChI=1S/C15H14N2O5/c1-8-4-5-20-13(8)15(19)21-7-12(18)17-14-11(6-16)9(2)10(3)22-14/h4-5H,7H2,1-3H3,(H,17,18). The van der Waals surface area contributed by atoms with Gasteiger partial charge in [0.2, 0.25) is 11.6 Å². The van der Waals surface area contributed by atoms with Crippen molar-refractivity contribution in [2.75, 3.05) is 11.9 Å². The Balaban J connectivity index is 1.97. The zero-order chi connectivity index (χ0) is 16.3. The van der Waals surface area contributed by atoms with Crippen LogP contribution < -0.4 is 5.32 Å². The highest BCUT2D eigenvalue weighted by Crippen LogP contribution is 2.25. The van der Waals surface area contributed by atoms with Crippen molar-refractivity contribution < 1.29 is 23.2 Å². The second-order valence-corrected chi connectivity index (χ2v) is 4.66. The molecule has 0 fully saturated rings. The average molecular weight is 302 g/mol. The van der Waals surface area contributed by atoms with Gasteiger partial charge in [-0.15, -0.1) is 0 Å². The molecule has 2 rings (SSSR count). The van der Waals surface area contributed by atoms with Gasteiger partial charge in [-0.05, 0) is 26.8 Å². The number of hydrogen-bond donors (Lipinski definition) is 1. The number of rotatable bonds is 4. The van der Waals surface area contributed by atoms with Gasteiger partial charge in [-0.3, -0.25) is 10.1 Å². The molecule has 2 heterocycles. The predicted molar refractivity (Wildman–Crippen MR) is 75.3 cm³/mol. The molecule has 0 aliphatic heterocycles. The van der Waals surface area contributed by atoms with Crippen LogP contribution in [-0.4, -0.2) is 18.5 Å². The summed E-state index contributed by atoms with van der Waals surface area (Å²) in [5, 5.41) is 11.4. The van der Waals surface area contributed by atoms with E-state index in [-0.39, 0.29) is 17.2 Å². The number of carbonyl (C=O) groups is 2. The highest BCUT2D eigenvalue weighted by molar-refractivity contribution is 5.95.